The molecule has 124 valence electrons. The zero-order valence-electron chi connectivity index (χ0n) is 13.5. The van der Waals surface area contributed by atoms with Gasteiger partial charge >= 0.3 is 0 Å². The van der Waals surface area contributed by atoms with Gasteiger partial charge in [-0.3, -0.25) is 4.90 Å². The minimum Gasteiger partial charge on any atom is -0.339 e. The number of imidazole rings is 1. The molecule has 1 unspecified atom stereocenters. The van der Waals surface area contributed by atoms with Gasteiger partial charge in [-0.15, -0.1) is 0 Å². The van der Waals surface area contributed by atoms with E-state index >= 15 is 0 Å². The molecule has 1 aromatic rings. The van der Waals surface area contributed by atoms with E-state index in [1.54, 1.807) is 22.1 Å². The molecule has 0 aliphatic carbocycles. The van der Waals surface area contributed by atoms with Gasteiger partial charge in [-0.25, -0.2) is 13.4 Å². The van der Waals surface area contributed by atoms with E-state index in [1.807, 2.05) is 0 Å². The second-order valence-corrected chi connectivity index (χ2v) is 8.48. The summed E-state index contributed by atoms with van der Waals surface area (Å²) >= 11 is 0. The first-order chi connectivity index (χ1) is 10.5. The highest BCUT2D eigenvalue weighted by Crippen LogP contribution is 2.27. The molecule has 0 aromatic carbocycles. The van der Waals surface area contributed by atoms with Crippen molar-refractivity contribution in [3.63, 3.8) is 0 Å². The fourth-order valence-corrected chi connectivity index (χ4v) is 5.17. The van der Waals surface area contributed by atoms with Crippen molar-refractivity contribution in [1.82, 2.24) is 18.8 Å². The number of aromatic nitrogens is 2. The zero-order valence-corrected chi connectivity index (χ0v) is 14.3. The molecule has 0 bridgehead atoms. The second kappa shape index (κ2) is 6.29. The third-order valence-electron chi connectivity index (χ3n) is 5.03. The summed E-state index contributed by atoms with van der Waals surface area (Å²) in [4.78, 5) is 6.60. The molecule has 2 fully saturated rings. The molecule has 0 radical (unpaired) electrons. The van der Waals surface area contributed by atoms with Gasteiger partial charge in [-0.05, 0) is 39.2 Å². The van der Waals surface area contributed by atoms with Crippen LogP contribution >= 0.6 is 0 Å². The lowest BCUT2D eigenvalue weighted by Crippen LogP contribution is -2.51. The molecular formula is C15H26N4O2S. The van der Waals surface area contributed by atoms with Crippen molar-refractivity contribution in [2.45, 2.75) is 56.1 Å². The fraction of sp³-hybridized carbons (Fsp3) is 0.800. The lowest BCUT2D eigenvalue weighted by molar-refractivity contribution is 0.0737. The van der Waals surface area contributed by atoms with Crippen molar-refractivity contribution < 1.29 is 8.42 Å². The Morgan fingerprint density at radius 1 is 1.14 bits per heavy atom. The summed E-state index contributed by atoms with van der Waals surface area (Å²) < 4.78 is 28.4. The highest BCUT2D eigenvalue weighted by Gasteiger charge is 2.34. The van der Waals surface area contributed by atoms with Gasteiger partial charge in [-0.1, -0.05) is 6.42 Å². The second-order valence-electron chi connectivity index (χ2n) is 6.60. The molecule has 0 amide bonds. The Hall–Kier alpha value is -0.920. The maximum Gasteiger partial charge on any atom is 0.262 e. The van der Waals surface area contributed by atoms with Crippen LogP contribution in [-0.2, 0) is 17.1 Å². The number of nitrogens with zero attached hydrogens (tertiary/aromatic N) is 4. The lowest BCUT2D eigenvalue weighted by atomic mass is 9.96. The largest absolute Gasteiger partial charge is 0.339 e. The summed E-state index contributed by atoms with van der Waals surface area (Å²) in [5, 5.41) is 0.166. The number of piperidine rings is 2. The molecule has 0 N–H and O–H groups in total. The normalized spacial score (nSPS) is 26.4. The Labute approximate surface area is 133 Å². The number of likely N-dealkylation sites (tertiary alicyclic amines) is 1. The number of sulfonamides is 1. The van der Waals surface area contributed by atoms with E-state index in [0.29, 0.717) is 25.2 Å². The Morgan fingerprint density at radius 2 is 1.86 bits per heavy atom. The van der Waals surface area contributed by atoms with E-state index < -0.39 is 10.0 Å². The zero-order chi connectivity index (χ0) is 15.7. The predicted molar refractivity (Wildman–Crippen MR) is 85.0 cm³/mol. The van der Waals surface area contributed by atoms with E-state index in [-0.39, 0.29) is 5.03 Å². The van der Waals surface area contributed by atoms with Crippen LogP contribution in [0.1, 0.15) is 39.0 Å². The molecule has 0 spiro atoms. The van der Waals surface area contributed by atoms with Gasteiger partial charge in [0.2, 0.25) is 0 Å². The molecule has 6 nitrogen and oxygen atoms in total. The first kappa shape index (κ1) is 16.0. The average molecular weight is 326 g/mol. The number of rotatable bonds is 3. The molecule has 1 atom stereocenters. The van der Waals surface area contributed by atoms with Crippen LogP contribution in [0.2, 0.25) is 0 Å². The van der Waals surface area contributed by atoms with Crippen LogP contribution in [0.5, 0.6) is 0 Å². The van der Waals surface area contributed by atoms with Crippen LogP contribution in [-0.4, -0.2) is 58.9 Å². The van der Waals surface area contributed by atoms with Gasteiger partial charge in [-0.2, -0.15) is 4.31 Å². The van der Waals surface area contributed by atoms with E-state index in [1.165, 1.54) is 32.1 Å². The molecule has 3 rings (SSSR count). The standard InChI is InChI=1S/C15H26N4O2S/c1-13-5-3-4-8-19(13)14-6-9-18(10-7-14)22(20,21)15-11-17(2)12-16-15/h11-14H,3-10H2,1-2H3. The Bertz CT molecular complexity index is 605. The van der Waals surface area contributed by atoms with E-state index in [4.69, 9.17) is 0 Å². The van der Waals surface area contributed by atoms with Gasteiger partial charge in [0.15, 0.2) is 5.03 Å². The monoisotopic (exact) mass is 326 g/mol. The van der Waals surface area contributed by atoms with Crippen LogP contribution in [0.15, 0.2) is 17.6 Å². The SMILES string of the molecule is CC1CCCCN1C1CCN(S(=O)(=O)c2cn(C)cn2)CC1. The smallest absolute Gasteiger partial charge is 0.262 e. The molecule has 1 aromatic heterocycles. The highest BCUT2D eigenvalue weighted by atomic mass is 32.2. The maximum absolute atomic E-state index is 12.6. The first-order valence-electron chi connectivity index (χ1n) is 8.22. The highest BCUT2D eigenvalue weighted by molar-refractivity contribution is 7.89. The fourth-order valence-electron chi connectivity index (χ4n) is 3.73. The van der Waals surface area contributed by atoms with Gasteiger partial charge in [0.25, 0.3) is 10.0 Å². The predicted octanol–water partition coefficient (Wildman–Crippen LogP) is 1.45. The minimum atomic E-state index is -3.43. The Kier molecular flexibility index (Phi) is 4.56. The minimum absolute atomic E-state index is 0.166. The lowest BCUT2D eigenvalue weighted by Gasteiger charge is -2.43. The summed E-state index contributed by atoms with van der Waals surface area (Å²) in [5.41, 5.74) is 0. The first-order valence-corrected chi connectivity index (χ1v) is 9.66. The van der Waals surface area contributed by atoms with Crippen molar-refractivity contribution in [3.05, 3.63) is 12.5 Å². The van der Waals surface area contributed by atoms with Crippen molar-refractivity contribution in [1.29, 1.82) is 0 Å². The van der Waals surface area contributed by atoms with Gasteiger partial charge in [0.05, 0.1) is 6.33 Å². The maximum atomic E-state index is 12.6. The van der Waals surface area contributed by atoms with Crippen LogP contribution in [0.25, 0.3) is 0 Å². The van der Waals surface area contributed by atoms with Crippen LogP contribution < -0.4 is 0 Å². The molecule has 2 saturated heterocycles. The van der Waals surface area contributed by atoms with E-state index in [0.717, 1.165) is 12.8 Å². The summed E-state index contributed by atoms with van der Waals surface area (Å²) in [7, 11) is -1.64. The number of hydrogen-bond acceptors (Lipinski definition) is 4. The topological polar surface area (TPSA) is 58.4 Å². The molecule has 7 heteroatoms. The molecule has 2 aliphatic rings. The van der Waals surface area contributed by atoms with Crippen LogP contribution in [0, 0.1) is 0 Å². The average Bonchev–Trinajstić information content (AvgIpc) is 2.95. The molecule has 2 aliphatic heterocycles. The summed E-state index contributed by atoms with van der Waals surface area (Å²) in [6.07, 6.45) is 8.84. The van der Waals surface area contributed by atoms with Gasteiger partial charge in [0, 0.05) is 38.4 Å². The van der Waals surface area contributed by atoms with Crippen molar-refractivity contribution in [2.24, 2.45) is 7.05 Å². The molecular weight excluding hydrogens is 300 g/mol. The Balaban J connectivity index is 1.64. The molecule has 22 heavy (non-hydrogen) atoms. The van der Waals surface area contributed by atoms with E-state index in [2.05, 4.69) is 16.8 Å². The third kappa shape index (κ3) is 3.07. The van der Waals surface area contributed by atoms with Crippen molar-refractivity contribution in [2.75, 3.05) is 19.6 Å². The Morgan fingerprint density at radius 3 is 2.45 bits per heavy atom. The third-order valence-corrected chi connectivity index (χ3v) is 6.82. The van der Waals surface area contributed by atoms with Crippen LogP contribution in [0.4, 0.5) is 0 Å². The molecule has 0 saturated carbocycles. The van der Waals surface area contributed by atoms with Crippen molar-refractivity contribution in [3.8, 4) is 0 Å². The van der Waals surface area contributed by atoms with Gasteiger partial charge in [0.1, 0.15) is 0 Å². The summed E-state index contributed by atoms with van der Waals surface area (Å²) in [6.45, 7) is 4.68. The summed E-state index contributed by atoms with van der Waals surface area (Å²) in [5.74, 6) is 0. The van der Waals surface area contributed by atoms with Crippen LogP contribution in [0.3, 0.4) is 0 Å². The quantitative estimate of drug-likeness (QED) is 0.843. The van der Waals surface area contributed by atoms with Gasteiger partial charge < -0.3 is 4.57 Å². The number of aryl methyl sites for hydroxylation is 1. The number of hydrogen-bond donors (Lipinski definition) is 0. The molecule has 3 heterocycles. The summed E-state index contributed by atoms with van der Waals surface area (Å²) in [6, 6.07) is 1.17. The van der Waals surface area contributed by atoms with Crippen molar-refractivity contribution >= 4 is 10.0 Å². The van der Waals surface area contributed by atoms with E-state index in [9.17, 15) is 8.42 Å².